The third kappa shape index (κ3) is 3.29. The summed E-state index contributed by atoms with van der Waals surface area (Å²) in [5, 5.41) is 18.4. The Morgan fingerprint density at radius 1 is 1.47 bits per heavy atom. The van der Waals surface area contributed by atoms with Crippen LogP contribution in [0.1, 0.15) is 30.1 Å². The van der Waals surface area contributed by atoms with Crippen molar-refractivity contribution in [2.45, 2.75) is 19.8 Å². The number of nitrogens with zero attached hydrogens (tertiary/aromatic N) is 1. The molecular formula is C13H17BClNO3. The molecule has 1 atom stereocenters. The molecule has 19 heavy (non-hydrogen) atoms. The molecule has 1 fully saturated rings. The zero-order valence-electron chi connectivity index (χ0n) is 10.8. The Labute approximate surface area is 118 Å². The summed E-state index contributed by atoms with van der Waals surface area (Å²) < 4.78 is 0. The molecule has 1 aromatic carbocycles. The SMILES string of the molecule is CC1CCCN(C(=O)c2ccc(B(O)O)c(Cl)c2)C1. The third-order valence-corrected chi connectivity index (χ3v) is 3.80. The van der Waals surface area contributed by atoms with Gasteiger partial charge in [-0.15, -0.1) is 0 Å². The van der Waals surface area contributed by atoms with E-state index in [0.717, 1.165) is 25.9 Å². The Morgan fingerprint density at radius 3 is 2.79 bits per heavy atom. The molecule has 1 aliphatic heterocycles. The van der Waals surface area contributed by atoms with Crippen molar-refractivity contribution in [3.05, 3.63) is 28.8 Å². The highest BCUT2D eigenvalue weighted by molar-refractivity contribution is 6.62. The highest BCUT2D eigenvalue weighted by Crippen LogP contribution is 2.19. The summed E-state index contributed by atoms with van der Waals surface area (Å²) in [5.41, 5.74) is 0.703. The lowest BCUT2D eigenvalue weighted by Crippen LogP contribution is -2.39. The Morgan fingerprint density at radius 2 is 2.21 bits per heavy atom. The lowest BCUT2D eigenvalue weighted by molar-refractivity contribution is 0.0683. The summed E-state index contributed by atoms with van der Waals surface area (Å²) in [6, 6.07) is 4.56. The van der Waals surface area contributed by atoms with E-state index in [2.05, 4.69) is 6.92 Å². The molecule has 0 radical (unpaired) electrons. The molecule has 4 nitrogen and oxygen atoms in total. The fraction of sp³-hybridized carbons (Fsp3) is 0.462. The number of halogens is 1. The van der Waals surface area contributed by atoms with Crippen molar-refractivity contribution < 1.29 is 14.8 Å². The molecule has 0 spiro atoms. The summed E-state index contributed by atoms with van der Waals surface area (Å²) in [6.07, 6.45) is 2.17. The van der Waals surface area contributed by atoms with Gasteiger partial charge in [0.05, 0.1) is 0 Å². The molecule has 102 valence electrons. The smallest absolute Gasteiger partial charge is 0.423 e. The Bertz CT molecular complexity index is 481. The number of likely N-dealkylation sites (tertiary alicyclic amines) is 1. The highest BCUT2D eigenvalue weighted by Gasteiger charge is 2.23. The van der Waals surface area contributed by atoms with Gasteiger partial charge >= 0.3 is 7.12 Å². The lowest BCUT2D eigenvalue weighted by atomic mass is 9.80. The van der Waals surface area contributed by atoms with E-state index < -0.39 is 7.12 Å². The Kier molecular flexibility index (Phi) is 4.50. The first-order valence-corrected chi connectivity index (χ1v) is 6.81. The second kappa shape index (κ2) is 5.95. The molecule has 0 aromatic heterocycles. The van der Waals surface area contributed by atoms with E-state index in [9.17, 15) is 4.79 Å². The fourth-order valence-corrected chi connectivity index (χ4v) is 2.70. The standard InChI is InChI=1S/C13H17BClNO3/c1-9-3-2-6-16(8-9)13(17)10-4-5-11(14(18)19)12(15)7-10/h4-5,7,9,18-19H,2-3,6,8H2,1H3. The number of hydrogen-bond donors (Lipinski definition) is 2. The average molecular weight is 282 g/mol. The van der Waals surface area contributed by atoms with Crippen molar-refractivity contribution in [3.8, 4) is 0 Å². The van der Waals surface area contributed by atoms with Crippen LogP contribution in [0.15, 0.2) is 18.2 Å². The molecule has 1 unspecified atom stereocenters. The molecule has 1 saturated heterocycles. The maximum atomic E-state index is 12.3. The monoisotopic (exact) mass is 281 g/mol. The summed E-state index contributed by atoms with van der Waals surface area (Å²) in [7, 11) is -1.62. The second-order valence-electron chi connectivity index (χ2n) is 5.11. The minimum absolute atomic E-state index is 0.0487. The van der Waals surface area contributed by atoms with Gasteiger partial charge in [-0.05, 0) is 30.9 Å². The molecule has 0 aliphatic carbocycles. The van der Waals surface area contributed by atoms with Gasteiger partial charge in [-0.25, -0.2) is 0 Å². The van der Waals surface area contributed by atoms with Crippen LogP contribution in [0.2, 0.25) is 5.02 Å². The first-order valence-electron chi connectivity index (χ1n) is 6.44. The van der Waals surface area contributed by atoms with Crippen molar-refractivity contribution >= 4 is 30.1 Å². The molecule has 6 heteroatoms. The fourth-order valence-electron chi connectivity index (χ4n) is 2.43. The van der Waals surface area contributed by atoms with Gasteiger partial charge in [-0.3, -0.25) is 4.79 Å². The minimum Gasteiger partial charge on any atom is -0.423 e. The molecule has 2 N–H and O–H groups in total. The van der Waals surface area contributed by atoms with Crippen molar-refractivity contribution in [1.29, 1.82) is 0 Å². The quantitative estimate of drug-likeness (QED) is 0.792. The number of amides is 1. The first-order chi connectivity index (χ1) is 8.99. The summed E-state index contributed by atoms with van der Waals surface area (Å²) in [5.74, 6) is 0.471. The number of carbonyl (C=O) groups is 1. The van der Waals surface area contributed by atoms with Crippen LogP contribution in [-0.2, 0) is 0 Å². The van der Waals surface area contributed by atoms with Crippen LogP contribution in [0, 0.1) is 5.92 Å². The molecule has 0 saturated carbocycles. The van der Waals surface area contributed by atoms with Crippen molar-refractivity contribution in [2.75, 3.05) is 13.1 Å². The van der Waals surface area contributed by atoms with Crippen LogP contribution < -0.4 is 5.46 Å². The van der Waals surface area contributed by atoms with E-state index in [1.165, 1.54) is 12.1 Å². The molecular weight excluding hydrogens is 264 g/mol. The largest absolute Gasteiger partial charge is 0.489 e. The molecule has 1 heterocycles. The summed E-state index contributed by atoms with van der Waals surface area (Å²) in [6.45, 7) is 3.67. The predicted molar refractivity (Wildman–Crippen MR) is 75.6 cm³/mol. The van der Waals surface area contributed by atoms with E-state index in [4.69, 9.17) is 21.6 Å². The van der Waals surface area contributed by atoms with Gasteiger partial charge in [-0.2, -0.15) is 0 Å². The van der Waals surface area contributed by atoms with Gasteiger partial charge in [-0.1, -0.05) is 24.6 Å². The predicted octanol–water partition coefficient (Wildman–Crippen LogP) is 0.892. The van der Waals surface area contributed by atoms with Gasteiger partial charge < -0.3 is 14.9 Å². The van der Waals surface area contributed by atoms with Gasteiger partial charge in [0, 0.05) is 29.1 Å². The lowest BCUT2D eigenvalue weighted by Gasteiger charge is -2.31. The van der Waals surface area contributed by atoms with Crippen LogP contribution >= 0.6 is 11.6 Å². The number of benzene rings is 1. The maximum absolute atomic E-state index is 12.3. The molecule has 2 rings (SSSR count). The van der Waals surface area contributed by atoms with Gasteiger partial charge in [0.2, 0.25) is 0 Å². The first kappa shape index (κ1) is 14.4. The zero-order chi connectivity index (χ0) is 14.0. The second-order valence-corrected chi connectivity index (χ2v) is 5.52. The van der Waals surface area contributed by atoms with Gasteiger partial charge in [0.25, 0.3) is 5.91 Å². The van der Waals surface area contributed by atoms with E-state index in [1.807, 2.05) is 4.90 Å². The van der Waals surface area contributed by atoms with E-state index in [1.54, 1.807) is 6.07 Å². The number of rotatable bonds is 2. The van der Waals surface area contributed by atoms with Crippen LogP contribution in [0.25, 0.3) is 0 Å². The average Bonchev–Trinajstić information content (AvgIpc) is 2.37. The number of hydrogen-bond acceptors (Lipinski definition) is 3. The van der Waals surface area contributed by atoms with E-state index >= 15 is 0 Å². The highest BCUT2D eigenvalue weighted by atomic mass is 35.5. The van der Waals surface area contributed by atoms with Gasteiger partial charge in [0.1, 0.15) is 0 Å². The van der Waals surface area contributed by atoms with Crippen LogP contribution in [-0.4, -0.2) is 41.1 Å². The number of piperidine rings is 1. The Balaban J connectivity index is 2.17. The summed E-state index contributed by atoms with van der Waals surface area (Å²) >= 11 is 5.95. The molecule has 1 aliphatic rings. The van der Waals surface area contributed by atoms with Crippen LogP contribution in [0.5, 0.6) is 0 Å². The number of carbonyl (C=O) groups excluding carboxylic acids is 1. The van der Waals surface area contributed by atoms with Crippen LogP contribution in [0.3, 0.4) is 0 Å². The molecule has 1 amide bonds. The van der Waals surface area contributed by atoms with Gasteiger partial charge in [0.15, 0.2) is 0 Å². The van der Waals surface area contributed by atoms with Crippen molar-refractivity contribution in [3.63, 3.8) is 0 Å². The van der Waals surface area contributed by atoms with Crippen molar-refractivity contribution in [2.24, 2.45) is 5.92 Å². The minimum atomic E-state index is -1.62. The van der Waals surface area contributed by atoms with Crippen molar-refractivity contribution in [1.82, 2.24) is 4.90 Å². The normalized spacial score (nSPS) is 19.4. The topological polar surface area (TPSA) is 60.8 Å². The zero-order valence-corrected chi connectivity index (χ0v) is 11.6. The van der Waals surface area contributed by atoms with Crippen LogP contribution in [0.4, 0.5) is 0 Å². The maximum Gasteiger partial charge on any atom is 0.489 e. The third-order valence-electron chi connectivity index (χ3n) is 3.47. The molecule has 0 bridgehead atoms. The summed E-state index contributed by atoms with van der Waals surface area (Å²) in [4.78, 5) is 14.1. The van der Waals surface area contributed by atoms with E-state index in [-0.39, 0.29) is 16.4 Å². The van der Waals surface area contributed by atoms with E-state index in [0.29, 0.717) is 11.5 Å². The molecule has 1 aromatic rings. The Hall–Kier alpha value is -1.04.